The van der Waals surface area contributed by atoms with E-state index in [0.717, 1.165) is 12.7 Å². The van der Waals surface area contributed by atoms with E-state index in [1.807, 2.05) is 67.6 Å². The third kappa shape index (κ3) is 6.06. The summed E-state index contributed by atoms with van der Waals surface area (Å²) in [7, 11) is -7.08. The number of halogens is 1. The summed E-state index contributed by atoms with van der Waals surface area (Å²) in [5.74, 6) is -0.200. The Morgan fingerprint density at radius 2 is 1.14 bits per heavy atom. The molecule has 0 aliphatic heterocycles. The van der Waals surface area contributed by atoms with Crippen LogP contribution >= 0.6 is 0 Å². The molecular formula is C26H23IO7S2+. The molecule has 4 aromatic carbocycles. The lowest BCUT2D eigenvalue weighted by Crippen LogP contribution is -3.85. The lowest BCUT2D eigenvalue weighted by Gasteiger charge is -2.12. The molecule has 0 amide bonds. The van der Waals surface area contributed by atoms with Crippen LogP contribution < -0.4 is 29.2 Å². The maximum absolute atomic E-state index is 13.3. The fraction of sp³-hybridized carbons (Fsp3) is 0.0769. The van der Waals surface area contributed by atoms with E-state index < -0.39 is 40.5 Å². The minimum Gasteiger partial charge on any atom is -0.493 e. The van der Waals surface area contributed by atoms with E-state index in [1.165, 1.54) is 37.4 Å². The van der Waals surface area contributed by atoms with Crippen LogP contribution in [0.4, 0.5) is 0 Å². The van der Waals surface area contributed by atoms with E-state index in [9.17, 15) is 16.8 Å². The van der Waals surface area contributed by atoms with E-state index in [2.05, 4.69) is 0 Å². The summed E-state index contributed by atoms with van der Waals surface area (Å²) in [5.41, 5.74) is 0.898. The van der Waals surface area contributed by atoms with Gasteiger partial charge in [0.15, 0.2) is 18.6 Å². The fourth-order valence-electron chi connectivity index (χ4n) is 3.12. The van der Waals surface area contributed by atoms with Gasteiger partial charge in [0.2, 0.25) is 0 Å². The predicted octanol–water partition coefficient (Wildman–Crippen LogP) is 1.76. The van der Waals surface area contributed by atoms with Crippen LogP contribution in [0.5, 0.6) is 11.5 Å². The van der Waals surface area contributed by atoms with Crippen molar-refractivity contribution in [2.45, 2.75) is 16.7 Å². The molecular weight excluding hydrogens is 615 g/mol. The number of ether oxygens (including phenoxy) is 1. The maximum atomic E-state index is 13.3. The van der Waals surface area contributed by atoms with Crippen LogP contribution in [0.1, 0.15) is 5.56 Å². The number of aryl methyl sites for hydroxylation is 1. The first kappa shape index (κ1) is 26.1. The molecule has 0 N–H and O–H groups in total. The fourth-order valence-corrected chi connectivity index (χ4v) is 11.1. The van der Waals surface area contributed by atoms with Crippen molar-refractivity contribution in [2.24, 2.45) is 0 Å². The minimum atomic E-state index is -4.22. The average Bonchev–Trinajstić information content (AvgIpc) is 2.88. The Morgan fingerprint density at radius 3 is 1.67 bits per heavy atom. The molecule has 7 nitrogen and oxygen atoms in total. The van der Waals surface area contributed by atoms with Crippen molar-refractivity contribution in [2.75, 3.05) is 7.11 Å². The number of hydrogen-bond donors (Lipinski definition) is 0. The van der Waals surface area contributed by atoms with E-state index in [-0.39, 0.29) is 21.3 Å². The van der Waals surface area contributed by atoms with Gasteiger partial charge in [-0.15, -0.1) is 0 Å². The Kier molecular flexibility index (Phi) is 7.98. The summed E-state index contributed by atoms with van der Waals surface area (Å²) in [6, 6.07) is 28.3. The Hall–Kier alpha value is -2.93. The summed E-state index contributed by atoms with van der Waals surface area (Å²) in [5, 5.41) is 0. The lowest BCUT2D eigenvalue weighted by atomic mass is 10.2. The Bertz CT molecular complexity index is 1500. The highest BCUT2D eigenvalue weighted by atomic mass is 127. The monoisotopic (exact) mass is 638 g/mol. The smallest absolute Gasteiger partial charge is 0.339 e. The molecule has 0 aliphatic rings. The first-order valence-corrected chi connectivity index (χ1v) is 16.5. The van der Waals surface area contributed by atoms with Crippen LogP contribution in [0, 0.1) is 14.1 Å². The quantitative estimate of drug-likeness (QED) is 0.204. The molecule has 10 heteroatoms. The molecule has 0 atom stereocenters. The van der Waals surface area contributed by atoms with E-state index in [0.29, 0.717) is 0 Å². The SMILES string of the molecule is COc1cc(S(=O)(=O)O[I+](c2ccccc2)c2ccccc2)ccc1OS(=O)(=O)c1ccc(C)cc1. The van der Waals surface area contributed by atoms with Gasteiger partial charge in [0, 0.05) is 6.07 Å². The van der Waals surface area contributed by atoms with Crippen molar-refractivity contribution in [1.29, 1.82) is 0 Å². The Labute approximate surface area is 218 Å². The lowest BCUT2D eigenvalue weighted by molar-refractivity contribution is -1.03. The van der Waals surface area contributed by atoms with Crippen LogP contribution in [0.2, 0.25) is 0 Å². The molecule has 0 heterocycles. The van der Waals surface area contributed by atoms with Crippen LogP contribution in [0.15, 0.2) is 113 Å². The van der Waals surface area contributed by atoms with Crippen molar-refractivity contribution in [1.82, 2.24) is 0 Å². The Morgan fingerprint density at radius 1 is 0.611 bits per heavy atom. The van der Waals surface area contributed by atoms with Crippen LogP contribution in [-0.4, -0.2) is 23.9 Å². The Balaban J connectivity index is 1.65. The van der Waals surface area contributed by atoms with Crippen LogP contribution in [0.25, 0.3) is 0 Å². The molecule has 4 rings (SSSR count). The predicted molar refractivity (Wildman–Crippen MR) is 131 cm³/mol. The van der Waals surface area contributed by atoms with Crippen molar-refractivity contribution in [3.05, 3.63) is 116 Å². The van der Waals surface area contributed by atoms with Crippen molar-refractivity contribution in [3.8, 4) is 11.5 Å². The number of methoxy groups -OCH3 is 1. The van der Waals surface area contributed by atoms with Gasteiger partial charge in [0.25, 0.3) is 0 Å². The summed E-state index contributed by atoms with van der Waals surface area (Å²) >= 11 is -2.84. The van der Waals surface area contributed by atoms with Crippen molar-refractivity contribution >= 4 is 20.2 Å². The summed E-state index contributed by atoms with van der Waals surface area (Å²) in [6.45, 7) is 1.84. The third-order valence-corrected chi connectivity index (χ3v) is 13.5. The number of benzene rings is 4. The molecule has 36 heavy (non-hydrogen) atoms. The zero-order valence-electron chi connectivity index (χ0n) is 19.4. The zero-order chi connectivity index (χ0) is 25.8. The topological polar surface area (TPSA) is 96.0 Å². The molecule has 0 aromatic heterocycles. The minimum absolute atomic E-state index is 0.0319. The van der Waals surface area contributed by atoms with Gasteiger partial charge in [-0.05, 0) is 58.0 Å². The number of hydrogen-bond acceptors (Lipinski definition) is 7. The molecule has 187 valence electrons. The molecule has 0 spiro atoms. The second kappa shape index (κ2) is 11.0. The summed E-state index contributed by atoms with van der Waals surface area (Å²) in [4.78, 5) is -0.205. The third-order valence-electron chi connectivity index (χ3n) is 4.94. The average molecular weight is 639 g/mol. The van der Waals surface area contributed by atoms with E-state index in [1.54, 1.807) is 12.1 Å². The molecule has 0 bridgehead atoms. The second-order valence-electron chi connectivity index (χ2n) is 7.52. The molecule has 0 saturated carbocycles. The second-order valence-corrected chi connectivity index (χ2v) is 15.6. The van der Waals surface area contributed by atoms with Gasteiger partial charge in [-0.2, -0.15) is 16.8 Å². The highest BCUT2D eigenvalue weighted by molar-refractivity contribution is 7.87. The molecule has 4 aromatic rings. The standard InChI is InChI=1S/C26H23IO7S2/c1-20-13-15-23(16-14-20)35(28,29)33-25-18-17-24(19-26(25)32-2)36(30,31)34-27(21-9-5-3-6-10-21)22-11-7-4-8-12-22/h3-19H,1-2H3/q+1. The first-order chi connectivity index (χ1) is 17.2. The van der Waals surface area contributed by atoms with Gasteiger partial charge in [0.1, 0.15) is 9.79 Å². The summed E-state index contributed by atoms with van der Waals surface area (Å²) < 4.78 is 70.0. The maximum Gasteiger partial charge on any atom is 0.339 e. The normalized spacial score (nSPS) is 11.9. The van der Waals surface area contributed by atoms with Gasteiger partial charge in [-0.25, -0.2) is 0 Å². The van der Waals surface area contributed by atoms with E-state index >= 15 is 0 Å². The van der Waals surface area contributed by atoms with Crippen LogP contribution in [-0.2, 0) is 22.7 Å². The molecule has 0 unspecified atom stereocenters. The van der Waals surface area contributed by atoms with Gasteiger partial charge in [-0.3, -0.25) is 0 Å². The highest BCUT2D eigenvalue weighted by Gasteiger charge is 2.38. The molecule has 0 aliphatic carbocycles. The van der Waals surface area contributed by atoms with Gasteiger partial charge >= 0.3 is 40.5 Å². The van der Waals surface area contributed by atoms with Gasteiger partial charge < -0.3 is 8.92 Å². The first-order valence-electron chi connectivity index (χ1n) is 10.6. The summed E-state index contributed by atoms with van der Waals surface area (Å²) in [6.07, 6.45) is 0. The highest BCUT2D eigenvalue weighted by Crippen LogP contribution is 2.32. The van der Waals surface area contributed by atoms with E-state index in [4.69, 9.17) is 11.4 Å². The largest absolute Gasteiger partial charge is 0.493 e. The molecule has 0 saturated heterocycles. The molecule has 1 radical (unpaired) electrons. The number of rotatable bonds is 9. The molecule has 0 fully saturated rings. The van der Waals surface area contributed by atoms with Crippen molar-refractivity contribution < 1.29 is 48.5 Å². The zero-order valence-corrected chi connectivity index (χ0v) is 23.2. The van der Waals surface area contributed by atoms with Crippen molar-refractivity contribution in [3.63, 3.8) is 0 Å². The van der Waals surface area contributed by atoms with Gasteiger partial charge in [-0.1, -0.05) is 54.1 Å². The van der Waals surface area contributed by atoms with Gasteiger partial charge in [0.05, 0.1) is 7.11 Å². The van der Waals surface area contributed by atoms with Crippen LogP contribution in [0.3, 0.4) is 0 Å².